The number of carbonyl (C=O) groups is 2. The minimum absolute atomic E-state index is 0.388. The number of carboxylic acids is 2. The van der Waals surface area contributed by atoms with Crippen LogP contribution in [-0.4, -0.2) is 29.5 Å². The molecule has 0 fully saturated rings. The van der Waals surface area contributed by atoms with Gasteiger partial charge in [-0.05, 0) is 0 Å². The molecule has 0 bridgehead atoms. The lowest BCUT2D eigenvalue weighted by molar-refractivity contribution is -0.146. The van der Waals surface area contributed by atoms with Crippen molar-refractivity contribution in [1.29, 1.82) is 0 Å². The van der Waals surface area contributed by atoms with Gasteiger partial charge in [0, 0.05) is 45.7 Å². The zero-order valence-electron chi connectivity index (χ0n) is 5.20. The Hall–Kier alpha value is 0.360. The first-order valence-corrected chi connectivity index (χ1v) is 4.43. The van der Waals surface area contributed by atoms with Crippen molar-refractivity contribution in [3.05, 3.63) is 0 Å². The highest BCUT2D eigenvalue weighted by molar-refractivity contribution is 14.2. The number of nitrogens with zero attached hydrogens (tertiary/aromatic N) is 1. The van der Waals surface area contributed by atoms with Gasteiger partial charge in [-0.3, -0.25) is 9.59 Å². The van der Waals surface area contributed by atoms with Crippen LogP contribution in [0.1, 0.15) is 6.42 Å². The Labute approximate surface area is 90.7 Å². The average Bonchev–Trinajstić information content (AvgIpc) is 1.81. The fourth-order valence-corrected chi connectivity index (χ4v) is 1.28. The molecule has 7 heteroatoms. The summed E-state index contributed by atoms with van der Waals surface area (Å²) in [5.41, 5.74) is 0. The lowest BCUT2D eigenvalue weighted by Gasteiger charge is -2.12. The van der Waals surface area contributed by atoms with Crippen LogP contribution in [0.15, 0.2) is 0 Å². The Balaban J connectivity index is 4.12. The van der Waals surface area contributed by atoms with Crippen LogP contribution in [0.4, 0.5) is 0 Å². The smallest absolute Gasteiger partial charge is 0.323 e. The molecule has 64 valence electrons. The average molecular weight is 385 g/mol. The molecule has 1 atom stereocenters. The summed E-state index contributed by atoms with van der Waals surface area (Å²) in [5, 5.41) is 16.8. The van der Waals surface area contributed by atoms with Crippen LogP contribution in [0.5, 0.6) is 0 Å². The van der Waals surface area contributed by atoms with Gasteiger partial charge in [-0.15, -0.1) is 0 Å². The monoisotopic (exact) mass is 385 g/mol. The Morgan fingerprint density at radius 2 is 1.82 bits per heavy atom. The van der Waals surface area contributed by atoms with Gasteiger partial charge in [0.2, 0.25) is 0 Å². The largest absolute Gasteiger partial charge is 0.481 e. The maximum atomic E-state index is 10.4. The topological polar surface area (TPSA) is 77.8 Å². The third kappa shape index (κ3) is 4.74. The van der Waals surface area contributed by atoms with Gasteiger partial charge < -0.3 is 10.2 Å². The first kappa shape index (κ1) is 11.4. The molecule has 0 rings (SSSR count). The number of halogens is 2. The maximum Gasteiger partial charge on any atom is 0.323 e. The summed E-state index contributed by atoms with van der Waals surface area (Å²) >= 11 is 3.46. The van der Waals surface area contributed by atoms with Crippen LogP contribution in [0.3, 0.4) is 0 Å². The van der Waals surface area contributed by atoms with E-state index < -0.39 is 18.0 Å². The Morgan fingerprint density at radius 3 is 1.91 bits per heavy atom. The normalized spacial score (nSPS) is 13.0. The predicted molar refractivity (Wildman–Crippen MR) is 53.6 cm³/mol. The molecule has 0 aliphatic carbocycles. The van der Waals surface area contributed by atoms with Crippen molar-refractivity contribution >= 4 is 57.7 Å². The summed E-state index contributed by atoms with van der Waals surface area (Å²) in [6.07, 6.45) is -0.388. The van der Waals surface area contributed by atoms with E-state index >= 15 is 0 Å². The van der Waals surface area contributed by atoms with Crippen LogP contribution in [0, 0.1) is 0 Å². The van der Waals surface area contributed by atoms with Gasteiger partial charge in [-0.1, -0.05) is 0 Å². The van der Waals surface area contributed by atoms with E-state index in [0.29, 0.717) is 0 Å². The second kappa shape index (κ2) is 5.09. The number of aliphatic carboxylic acids is 2. The molecular formula is C4H5I2NO4. The molecule has 0 aliphatic rings. The van der Waals surface area contributed by atoms with Crippen molar-refractivity contribution in [2.75, 3.05) is 0 Å². The molecule has 0 aromatic heterocycles. The maximum absolute atomic E-state index is 10.4. The van der Waals surface area contributed by atoms with Crippen LogP contribution in [0.25, 0.3) is 0 Å². The highest BCUT2D eigenvalue weighted by Crippen LogP contribution is 2.16. The molecular weight excluding hydrogens is 380 g/mol. The third-order valence-electron chi connectivity index (χ3n) is 0.889. The van der Waals surface area contributed by atoms with Gasteiger partial charge in [0.1, 0.15) is 6.04 Å². The Bertz CT molecular complexity index is 171. The van der Waals surface area contributed by atoms with E-state index in [2.05, 4.69) is 0 Å². The van der Waals surface area contributed by atoms with Crippen molar-refractivity contribution in [3.8, 4) is 0 Å². The Morgan fingerprint density at radius 1 is 1.36 bits per heavy atom. The van der Waals surface area contributed by atoms with E-state index in [1.807, 2.05) is 0 Å². The lowest BCUT2D eigenvalue weighted by atomic mass is 10.2. The SMILES string of the molecule is O=C(O)C[C@@H](C(=O)O)N(I)I. The zero-order chi connectivity index (χ0) is 9.02. The Kier molecular flexibility index (Phi) is 5.25. The molecule has 0 aliphatic heterocycles. The van der Waals surface area contributed by atoms with Crippen LogP contribution >= 0.6 is 45.7 Å². The fraction of sp³-hybridized carbons (Fsp3) is 0.500. The number of carboxylic acid groups (broad SMARTS) is 2. The molecule has 0 radical (unpaired) electrons. The quantitative estimate of drug-likeness (QED) is 0.556. The summed E-state index contributed by atoms with van der Waals surface area (Å²) in [6.45, 7) is 0. The van der Waals surface area contributed by atoms with Gasteiger partial charge in [0.15, 0.2) is 0 Å². The van der Waals surface area contributed by atoms with Crippen molar-refractivity contribution in [2.24, 2.45) is 0 Å². The van der Waals surface area contributed by atoms with Gasteiger partial charge in [-0.25, -0.2) is 0 Å². The zero-order valence-corrected chi connectivity index (χ0v) is 9.51. The molecule has 0 amide bonds. The summed E-state index contributed by atoms with van der Waals surface area (Å²) in [7, 11) is 0. The van der Waals surface area contributed by atoms with Gasteiger partial charge >= 0.3 is 11.9 Å². The van der Waals surface area contributed by atoms with Gasteiger partial charge in [0.05, 0.1) is 6.42 Å². The number of hydrogen-bond donors (Lipinski definition) is 2. The molecule has 0 heterocycles. The van der Waals surface area contributed by atoms with Gasteiger partial charge in [-0.2, -0.15) is 1.33 Å². The van der Waals surface area contributed by atoms with E-state index in [4.69, 9.17) is 10.2 Å². The summed E-state index contributed by atoms with van der Waals surface area (Å²) in [5.74, 6) is -2.24. The van der Waals surface area contributed by atoms with Crippen molar-refractivity contribution in [1.82, 2.24) is 1.33 Å². The highest BCUT2D eigenvalue weighted by Gasteiger charge is 2.24. The minimum atomic E-state index is -1.13. The van der Waals surface area contributed by atoms with E-state index in [1.54, 1.807) is 45.7 Å². The molecule has 0 unspecified atom stereocenters. The predicted octanol–water partition coefficient (Wildman–Crippen LogP) is 0.916. The van der Waals surface area contributed by atoms with Crippen molar-refractivity contribution in [2.45, 2.75) is 12.5 Å². The second-order valence-electron chi connectivity index (χ2n) is 1.71. The molecule has 0 aromatic carbocycles. The van der Waals surface area contributed by atoms with Crippen molar-refractivity contribution < 1.29 is 19.8 Å². The minimum Gasteiger partial charge on any atom is -0.481 e. The van der Waals surface area contributed by atoms with Crippen LogP contribution in [-0.2, 0) is 9.59 Å². The number of rotatable bonds is 4. The van der Waals surface area contributed by atoms with Gasteiger partial charge in [0.25, 0.3) is 0 Å². The molecule has 0 spiro atoms. The first-order chi connectivity index (χ1) is 4.95. The molecule has 0 aromatic rings. The molecule has 0 saturated carbocycles. The van der Waals surface area contributed by atoms with E-state index in [-0.39, 0.29) is 6.42 Å². The first-order valence-electron chi connectivity index (χ1n) is 2.50. The lowest BCUT2D eigenvalue weighted by Crippen LogP contribution is -2.30. The van der Waals surface area contributed by atoms with E-state index in [1.165, 1.54) is 1.33 Å². The molecule has 2 N–H and O–H groups in total. The number of hydrogen-bond acceptors (Lipinski definition) is 3. The standard InChI is InChI=1S/C4H5I2NO4/c5-7(6)2(4(10)11)1-3(8)9/h2H,1H2,(H,8,9)(H,10,11)/t2-/m0/s1. The van der Waals surface area contributed by atoms with Crippen LogP contribution in [0.2, 0.25) is 0 Å². The van der Waals surface area contributed by atoms with E-state index in [9.17, 15) is 9.59 Å². The summed E-state index contributed by atoms with van der Waals surface area (Å²) < 4.78 is 1.30. The third-order valence-corrected chi connectivity index (χ3v) is 2.23. The summed E-state index contributed by atoms with van der Waals surface area (Å²) in [4.78, 5) is 20.5. The van der Waals surface area contributed by atoms with Crippen LogP contribution < -0.4 is 0 Å². The van der Waals surface area contributed by atoms with E-state index in [0.717, 1.165) is 0 Å². The molecule has 5 nitrogen and oxygen atoms in total. The second-order valence-corrected chi connectivity index (χ2v) is 5.64. The van der Waals surface area contributed by atoms with Crippen molar-refractivity contribution in [3.63, 3.8) is 0 Å². The summed E-state index contributed by atoms with van der Waals surface area (Å²) in [6, 6.07) is -0.964. The molecule has 11 heavy (non-hydrogen) atoms. The molecule has 0 saturated heterocycles. The fourth-order valence-electron chi connectivity index (χ4n) is 0.405. The highest BCUT2D eigenvalue weighted by atomic mass is 127.